The van der Waals surface area contributed by atoms with Crippen molar-refractivity contribution in [3.8, 4) is 22.8 Å². The van der Waals surface area contributed by atoms with Gasteiger partial charge in [-0.2, -0.15) is 9.97 Å². The van der Waals surface area contributed by atoms with Crippen LogP contribution in [0.5, 0.6) is 0 Å². The molecule has 5 aromatic rings. The number of hydrogen-bond donors (Lipinski definition) is 0. The van der Waals surface area contributed by atoms with Crippen molar-refractivity contribution in [1.29, 1.82) is 0 Å². The number of benzene rings is 3. The van der Waals surface area contributed by atoms with Crippen LogP contribution in [0.25, 0.3) is 42.9 Å². The van der Waals surface area contributed by atoms with Crippen LogP contribution in [0, 0.1) is 0 Å². The summed E-state index contributed by atoms with van der Waals surface area (Å²) in [7, 11) is 0. The highest BCUT2D eigenvalue weighted by Crippen LogP contribution is 2.39. The highest BCUT2D eigenvalue weighted by molar-refractivity contribution is 7.25. The smallest absolute Gasteiger partial charge is 0.208 e. The van der Waals surface area contributed by atoms with Gasteiger partial charge < -0.3 is 0 Å². The first-order valence-corrected chi connectivity index (χ1v) is 9.37. The second kappa shape index (κ2) is 6.16. The third-order valence-electron chi connectivity index (χ3n) is 4.28. The maximum atomic E-state index is 6.23. The first-order chi connectivity index (χ1) is 12.8. The number of thiophene rings is 1. The summed E-state index contributed by atoms with van der Waals surface area (Å²) in [5.41, 5.74) is 1.89. The molecule has 0 aliphatic rings. The molecule has 0 atom stereocenters. The number of hydrogen-bond acceptors (Lipinski definition) is 4. The summed E-state index contributed by atoms with van der Waals surface area (Å²) in [6.07, 6.45) is 0. The summed E-state index contributed by atoms with van der Waals surface area (Å²) in [5.74, 6) is 1.18. The highest BCUT2D eigenvalue weighted by atomic mass is 35.5. The molecule has 0 saturated heterocycles. The normalized spacial score (nSPS) is 11.3. The van der Waals surface area contributed by atoms with Gasteiger partial charge >= 0.3 is 0 Å². The van der Waals surface area contributed by atoms with Crippen molar-refractivity contribution in [2.45, 2.75) is 0 Å². The first kappa shape index (κ1) is 15.4. The lowest BCUT2D eigenvalue weighted by Crippen LogP contribution is -1.97. The third-order valence-corrected chi connectivity index (χ3v) is 5.59. The van der Waals surface area contributed by atoms with Crippen LogP contribution in [-0.2, 0) is 0 Å². The van der Waals surface area contributed by atoms with Crippen molar-refractivity contribution >= 4 is 43.1 Å². The van der Waals surface area contributed by atoms with E-state index in [1.165, 1.54) is 14.8 Å². The van der Waals surface area contributed by atoms with Gasteiger partial charge in [-0.1, -0.05) is 60.7 Å². The Morgan fingerprint density at radius 3 is 2.27 bits per heavy atom. The van der Waals surface area contributed by atoms with Gasteiger partial charge in [-0.05, 0) is 23.7 Å². The topological polar surface area (TPSA) is 38.7 Å². The molecule has 26 heavy (non-hydrogen) atoms. The quantitative estimate of drug-likeness (QED) is 0.368. The van der Waals surface area contributed by atoms with E-state index in [1.807, 2.05) is 42.5 Å². The zero-order chi connectivity index (χ0) is 17.5. The molecule has 0 radical (unpaired) electrons. The minimum atomic E-state index is 0.199. The molecule has 0 amide bonds. The molecule has 0 N–H and O–H groups in total. The average Bonchev–Trinajstić information content (AvgIpc) is 3.07. The first-order valence-electron chi connectivity index (χ1n) is 8.17. The van der Waals surface area contributed by atoms with Gasteiger partial charge in [-0.25, -0.2) is 4.98 Å². The van der Waals surface area contributed by atoms with Crippen molar-refractivity contribution in [2.75, 3.05) is 0 Å². The Balaban J connectivity index is 1.80. The molecule has 0 unspecified atom stereocenters. The number of aromatic nitrogens is 3. The molecule has 0 spiro atoms. The molecule has 2 heterocycles. The largest absolute Gasteiger partial charge is 0.226 e. The van der Waals surface area contributed by atoms with Gasteiger partial charge in [-0.3, -0.25) is 0 Å². The van der Waals surface area contributed by atoms with E-state index in [1.54, 1.807) is 11.3 Å². The van der Waals surface area contributed by atoms with Gasteiger partial charge in [0.25, 0.3) is 0 Å². The van der Waals surface area contributed by atoms with Crippen molar-refractivity contribution in [1.82, 2.24) is 15.0 Å². The summed E-state index contributed by atoms with van der Waals surface area (Å²) < 4.78 is 2.46. The predicted octanol–water partition coefficient (Wildman–Crippen LogP) is 6.23. The van der Waals surface area contributed by atoms with Crippen LogP contribution in [0.1, 0.15) is 0 Å². The molecular weight excluding hydrogens is 362 g/mol. The van der Waals surface area contributed by atoms with Crippen molar-refractivity contribution in [2.24, 2.45) is 0 Å². The predicted molar refractivity (Wildman–Crippen MR) is 109 cm³/mol. The summed E-state index contributed by atoms with van der Waals surface area (Å²) >= 11 is 8.00. The van der Waals surface area contributed by atoms with Crippen molar-refractivity contribution in [3.63, 3.8) is 0 Å². The van der Waals surface area contributed by atoms with E-state index in [4.69, 9.17) is 16.6 Å². The van der Waals surface area contributed by atoms with Crippen LogP contribution in [0.3, 0.4) is 0 Å². The Bertz CT molecular complexity index is 1250. The minimum absolute atomic E-state index is 0.199. The van der Waals surface area contributed by atoms with Crippen LogP contribution >= 0.6 is 22.9 Å². The average molecular weight is 374 g/mol. The summed E-state index contributed by atoms with van der Waals surface area (Å²) in [4.78, 5) is 13.4. The van der Waals surface area contributed by atoms with E-state index in [0.29, 0.717) is 11.6 Å². The zero-order valence-corrected chi connectivity index (χ0v) is 15.1. The summed E-state index contributed by atoms with van der Waals surface area (Å²) in [5, 5.41) is 2.57. The molecule has 5 rings (SSSR count). The van der Waals surface area contributed by atoms with Gasteiger partial charge in [0.15, 0.2) is 11.6 Å². The molecule has 0 saturated carbocycles. The SMILES string of the molecule is Clc1nc(-c2ccccc2)nc(-c2cccc3sc4ccccc4c23)n1. The summed E-state index contributed by atoms with van der Waals surface area (Å²) in [6.45, 7) is 0. The molecule has 3 nitrogen and oxygen atoms in total. The lowest BCUT2D eigenvalue weighted by Gasteiger charge is -2.06. The van der Waals surface area contributed by atoms with E-state index >= 15 is 0 Å². The van der Waals surface area contributed by atoms with Crippen LogP contribution in [0.2, 0.25) is 5.28 Å². The molecule has 0 bridgehead atoms. The standard InChI is InChI=1S/C21H12ClN3S/c22-21-24-19(13-7-2-1-3-8-13)23-20(25-21)15-10-6-12-17-18(15)14-9-4-5-11-16(14)26-17/h1-12H. The number of fused-ring (bicyclic) bond motifs is 3. The number of halogens is 1. The fourth-order valence-electron chi connectivity index (χ4n) is 3.15. The van der Waals surface area contributed by atoms with Gasteiger partial charge in [0.2, 0.25) is 5.28 Å². The Morgan fingerprint density at radius 1 is 0.654 bits per heavy atom. The number of nitrogens with zero attached hydrogens (tertiary/aromatic N) is 3. The highest BCUT2D eigenvalue weighted by Gasteiger charge is 2.15. The van der Waals surface area contributed by atoms with Gasteiger partial charge in [0, 0.05) is 31.3 Å². The van der Waals surface area contributed by atoms with Gasteiger partial charge in [-0.15, -0.1) is 11.3 Å². The maximum absolute atomic E-state index is 6.23. The molecule has 0 aliphatic heterocycles. The second-order valence-corrected chi connectivity index (χ2v) is 7.32. The Labute approximate surface area is 159 Å². The molecule has 5 heteroatoms. The monoisotopic (exact) mass is 373 g/mol. The van der Waals surface area contributed by atoms with E-state index in [9.17, 15) is 0 Å². The fourth-order valence-corrected chi connectivity index (χ4v) is 4.44. The van der Waals surface area contributed by atoms with Crippen LogP contribution in [0.15, 0.2) is 72.8 Å². The maximum Gasteiger partial charge on any atom is 0.226 e. The third kappa shape index (κ3) is 2.55. The zero-order valence-electron chi connectivity index (χ0n) is 13.6. The Hall–Kier alpha value is -2.82. The molecule has 2 aromatic heterocycles. The van der Waals surface area contributed by atoms with E-state index in [-0.39, 0.29) is 5.28 Å². The van der Waals surface area contributed by atoms with E-state index < -0.39 is 0 Å². The Morgan fingerprint density at radius 2 is 1.38 bits per heavy atom. The lowest BCUT2D eigenvalue weighted by molar-refractivity contribution is 1.07. The Kier molecular flexibility index (Phi) is 3.66. The van der Waals surface area contributed by atoms with Crippen molar-refractivity contribution in [3.05, 3.63) is 78.1 Å². The molecule has 124 valence electrons. The minimum Gasteiger partial charge on any atom is -0.208 e. The molecule has 0 fully saturated rings. The van der Waals surface area contributed by atoms with E-state index in [0.717, 1.165) is 16.5 Å². The number of rotatable bonds is 2. The van der Waals surface area contributed by atoms with E-state index in [2.05, 4.69) is 40.3 Å². The van der Waals surface area contributed by atoms with Crippen LogP contribution in [0.4, 0.5) is 0 Å². The molecule has 0 aliphatic carbocycles. The van der Waals surface area contributed by atoms with Gasteiger partial charge in [0.1, 0.15) is 0 Å². The van der Waals surface area contributed by atoms with Crippen LogP contribution < -0.4 is 0 Å². The molecule has 3 aromatic carbocycles. The van der Waals surface area contributed by atoms with Crippen LogP contribution in [-0.4, -0.2) is 15.0 Å². The summed E-state index contributed by atoms with van der Waals surface area (Å²) in [6, 6.07) is 24.4. The van der Waals surface area contributed by atoms with Crippen molar-refractivity contribution < 1.29 is 0 Å². The molecular formula is C21H12ClN3S. The second-order valence-electron chi connectivity index (χ2n) is 5.89. The lowest BCUT2D eigenvalue weighted by atomic mass is 10.1. The fraction of sp³-hybridized carbons (Fsp3) is 0. The van der Waals surface area contributed by atoms with Gasteiger partial charge in [0.05, 0.1) is 0 Å².